The Morgan fingerprint density at radius 3 is 3.00 bits per heavy atom. The minimum atomic E-state index is 0.463. The minimum Gasteiger partial charge on any atom is -0.299 e. The van der Waals surface area contributed by atoms with Gasteiger partial charge in [0.05, 0.1) is 8.59 Å². The predicted octanol–water partition coefficient (Wildman–Crippen LogP) is 3.11. The summed E-state index contributed by atoms with van der Waals surface area (Å²) in [5, 5.41) is 0.874. The van der Waals surface area contributed by atoms with Gasteiger partial charge < -0.3 is 0 Å². The Morgan fingerprint density at radius 1 is 1.57 bits per heavy atom. The number of pyridine rings is 1. The van der Waals surface area contributed by atoms with Gasteiger partial charge >= 0.3 is 0 Å². The molecule has 0 saturated carbocycles. The summed E-state index contributed by atoms with van der Waals surface area (Å²) in [5.41, 5.74) is 1.18. The molecule has 1 aliphatic rings. The van der Waals surface area contributed by atoms with E-state index >= 15 is 0 Å². The Morgan fingerprint density at radius 2 is 2.36 bits per heavy atom. The molecule has 2 nitrogen and oxygen atoms in total. The van der Waals surface area contributed by atoms with Gasteiger partial charge in [0.2, 0.25) is 0 Å². The Kier molecular flexibility index (Phi) is 3.29. The van der Waals surface area contributed by atoms with Crippen molar-refractivity contribution in [2.24, 2.45) is 0 Å². The first-order valence-electron chi connectivity index (χ1n) is 4.69. The van der Waals surface area contributed by atoms with Crippen molar-refractivity contribution in [2.45, 2.75) is 18.9 Å². The summed E-state index contributed by atoms with van der Waals surface area (Å²) in [4.78, 5) is 6.55. The topological polar surface area (TPSA) is 16.1 Å². The molecule has 0 aromatic carbocycles. The highest BCUT2D eigenvalue weighted by Crippen LogP contribution is 2.35. The fourth-order valence-electron chi connectivity index (χ4n) is 1.97. The molecule has 76 valence electrons. The first kappa shape index (κ1) is 10.6. The van der Waals surface area contributed by atoms with Crippen molar-refractivity contribution in [1.82, 2.24) is 9.88 Å². The zero-order valence-electron chi connectivity index (χ0n) is 8.00. The molecular formula is C10H12ClIN2. The molecule has 1 aliphatic heterocycles. The van der Waals surface area contributed by atoms with E-state index in [1.807, 2.05) is 6.20 Å². The number of hydrogen-bond donors (Lipinski definition) is 0. The van der Waals surface area contributed by atoms with Gasteiger partial charge in [-0.15, -0.1) is 0 Å². The minimum absolute atomic E-state index is 0.463. The summed E-state index contributed by atoms with van der Waals surface area (Å²) >= 11 is 8.49. The number of rotatable bonds is 1. The van der Waals surface area contributed by atoms with Crippen LogP contribution in [0.3, 0.4) is 0 Å². The van der Waals surface area contributed by atoms with E-state index in [-0.39, 0.29) is 0 Å². The van der Waals surface area contributed by atoms with Crippen LogP contribution in [0.2, 0.25) is 5.02 Å². The maximum absolute atomic E-state index is 6.26. The molecule has 2 rings (SSSR count). The Hall–Kier alpha value is 0.130. The van der Waals surface area contributed by atoms with Crippen molar-refractivity contribution >= 4 is 34.2 Å². The second-order valence-corrected chi connectivity index (χ2v) is 5.20. The van der Waals surface area contributed by atoms with Gasteiger partial charge in [-0.05, 0) is 49.0 Å². The molecule has 1 aromatic heterocycles. The first-order chi connectivity index (χ1) is 6.70. The first-order valence-corrected chi connectivity index (χ1v) is 6.15. The summed E-state index contributed by atoms with van der Waals surface area (Å²) in [7, 11) is 2.15. The Bertz CT molecular complexity index is 343. The Labute approximate surface area is 103 Å². The number of halogens is 2. The van der Waals surface area contributed by atoms with Crippen LogP contribution in [0.5, 0.6) is 0 Å². The van der Waals surface area contributed by atoms with Crippen molar-refractivity contribution in [2.75, 3.05) is 13.6 Å². The fraction of sp³-hybridized carbons (Fsp3) is 0.500. The van der Waals surface area contributed by atoms with Crippen LogP contribution in [0.15, 0.2) is 12.4 Å². The summed E-state index contributed by atoms with van der Waals surface area (Å²) < 4.78 is 1.04. The van der Waals surface area contributed by atoms with Gasteiger partial charge in [0.15, 0.2) is 0 Å². The van der Waals surface area contributed by atoms with Crippen LogP contribution in [0.25, 0.3) is 0 Å². The smallest absolute Gasteiger partial charge is 0.0618 e. The van der Waals surface area contributed by atoms with Crippen molar-refractivity contribution in [3.63, 3.8) is 0 Å². The van der Waals surface area contributed by atoms with Gasteiger partial charge in [0.25, 0.3) is 0 Å². The predicted molar refractivity (Wildman–Crippen MR) is 66.6 cm³/mol. The van der Waals surface area contributed by atoms with E-state index in [0.29, 0.717) is 6.04 Å². The van der Waals surface area contributed by atoms with Crippen molar-refractivity contribution in [3.05, 3.63) is 26.5 Å². The van der Waals surface area contributed by atoms with E-state index in [2.05, 4.69) is 39.5 Å². The molecule has 0 N–H and O–H groups in total. The lowest BCUT2D eigenvalue weighted by atomic mass is 10.1. The molecule has 0 bridgehead atoms. The van der Waals surface area contributed by atoms with Gasteiger partial charge in [-0.25, -0.2) is 0 Å². The maximum atomic E-state index is 6.26. The third-order valence-corrected chi connectivity index (χ3v) is 4.30. The summed E-state index contributed by atoms with van der Waals surface area (Å²) in [5.74, 6) is 0. The average Bonchev–Trinajstić information content (AvgIpc) is 2.57. The number of hydrogen-bond acceptors (Lipinski definition) is 2. The highest BCUT2D eigenvalue weighted by Gasteiger charge is 2.25. The average molecular weight is 323 g/mol. The molecular weight excluding hydrogens is 310 g/mol. The van der Waals surface area contributed by atoms with Gasteiger partial charge in [0.1, 0.15) is 0 Å². The monoisotopic (exact) mass is 322 g/mol. The lowest BCUT2D eigenvalue weighted by Crippen LogP contribution is -2.18. The molecule has 2 heterocycles. The van der Waals surface area contributed by atoms with E-state index in [1.165, 1.54) is 18.4 Å². The third-order valence-electron chi connectivity index (χ3n) is 2.74. The van der Waals surface area contributed by atoms with Gasteiger partial charge in [-0.1, -0.05) is 11.6 Å². The molecule has 0 amide bonds. The van der Waals surface area contributed by atoms with Crippen LogP contribution >= 0.6 is 34.2 Å². The zero-order valence-corrected chi connectivity index (χ0v) is 10.9. The van der Waals surface area contributed by atoms with E-state index in [0.717, 1.165) is 15.1 Å². The number of aromatic nitrogens is 1. The van der Waals surface area contributed by atoms with Gasteiger partial charge in [-0.3, -0.25) is 9.88 Å². The van der Waals surface area contributed by atoms with Crippen LogP contribution < -0.4 is 0 Å². The molecule has 1 fully saturated rings. The van der Waals surface area contributed by atoms with Crippen molar-refractivity contribution in [3.8, 4) is 0 Å². The molecule has 4 heteroatoms. The highest BCUT2D eigenvalue weighted by atomic mass is 127. The molecule has 0 unspecified atom stereocenters. The molecule has 0 aliphatic carbocycles. The second-order valence-electron chi connectivity index (χ2n) is 3.66. The quantitative estimate of drug-likeness (QED) is 0.739. The van der Waals surface area contributed by atoms with Crippen LogP contribution in [-0.4, -0.2) is 23.5 Å². The number of likely N-dealkylation sites (tertiary alicyclic amines) is 1. The SMILES string of the molecule is CN1CCC[C@H]1c1cncc(I)c1Cl. The molecule has 0 radical (unpaired) electrons. The van der Waals surface area contributed by atoms with Crippen LogP contribution in [-0.2, 0) is 0 Å². The van der Waals surface area contributed by atoms with Crippen molar-refractivity contribution < 1.29 is 0 Å². The molecule has 1 aromatic rings. The van der Waals surface area contributed by atoms with E-state index < -0.39 is 0 Å². The fourth-order valence-corrected chi connectivity index (χ4v) is 2.67. The lowest BCUT2D eigenvalue weighted by molar-refractivity contribution is 0.317. The maximum Gasteiger partial charge on any atom is 0.0618 e. The van der Waals surface area contributed by atoms with Crippen LogP contribution in [0, 0.1) is 3.57 Å². The van der Waals surface area contributed by atoms with Gasteiger partial charge in [-0.2, -0.15) is 0 Å². The zero-order chi connectivity index (χ0) is 10.1. The molecule has 0 spiro atoms. The lowest BCUT2D eigenvalue weighted by Gasteiger charge is -2.20. The van der Waals surface area contributed by atoms with Crippen LogP contribution in [0.1, 0.15) is 24.4 Å². The summed E-state index contributed by atoms with van der Waals surface area (Å²) in [6.07, 6.45) is 6.15. The third kappa shape index (κ3) is 1.90. The number of nitrogens with zero attached hydrogens (tertiary/aromatic N) is 2. The highest BCUT2D eigenvalue weighted by molar-refractivity contribution is 14.1. The standard InChI is InChI=1S/C10H12ClIN2/c1-14-4-2-3-9(14)7-5-13-6-8(12)10(7)11/h5-6,9H,2-4H2,1H3/t9-/m0/s1. The Balaban J connectivity index is 2.36. The largest absolute Gasteiger partial charge is 0.299 e. The molecule has 1 atom stereocenters. The molecule has 1 saturated heterocycles. The summed E-state index contributed by atoms with van der Waals surface area (Å²) in [6.45, 7) is 1.16. The van der Waals surface area contributed by atoms with Gasteiger partial charge in [0, 0.05) is 24.0 Å². The van der Waals surface area contributed by atoms with Crippen LogP contribution in [0.4, 0.5) is 0 Å². The normalized spacial score (nSPS) is 22.9. The second kappa shape index (κ2) is 4.33. The van der Waals surface area contributed by atoms with E-state index in [1.54, 1.807) is 6.20 Å². The van der Waals surface area contributed by atoms with Crippen molar-refractivity contribution in [1.29, 1.82) is 0 Å². The summed E-state index contributed by atoms with van der Waals surface area (Å²) in [6, 6.07) is 0.463. The van der Waals surface area contributed by atoms with E-state index in [4.69, 9.17) is 11.6 Å². The molecule has 14 heavy (non-hydrogen) atoms. The van der Waals surface area contributed by atoms with E-state index in [9.17, 15) is 0 Å².